The Labute approximate surface area is 134 Å². The molecule has 0 aliphatic carbocycles. The van der Waals surface area contributed by atoms with Gasteiger partial charge in [-0.3, -0.25) is 0 Å². The highest BCUT2D eigenvalue weighted by Gasteiger charge is 2.10. The zero-order valence-corrected chi connectivity index (χ0v) is 13.4. The lowest BCUT2D eigenvalue weighted by atomic mass is 10.1. The summed E-state index contributed by atoms with van der Waals surface area (Å²) in [7, 11) is 0. The molecule has 2 aromatic carbocycles. The van der Waals surface area contributed by atoms with Gasteiger partial charge in [0.25, 0.3) is 0 Å². The van der Waals surface area contributed by atoms with Gasteiger partial charge in [0.15, 0.2) is 0 Å². The summed E-state index contributed by atoms with van der Waals surface area (Å²) in [5.41, 5.74) is 6.33. The first-order valence-electron chi connectivity index (χ1n) is 5.76. The van der Waals surface area contributed by atoms with Crippen molar-refractivity contribution in [3.05, 3.63) is 61.8 Å². The molecule has 0 fully saturated rings. The van der Waals surface area contributed by atoms with E-state index in [1.54, 1.807) is 30.3 Å². The first-order chi connectivity index (χ1) is 9.52. The normalized spacial score (nSPS) is 10.7. The zero-order chi connectivity index (χ0) is 14.7. The van der Waals surface area contributed by atoms with Gasteiger partial charge in [0.05, 0.1) is 10.0 Å². The molecule has 0 aromatic heterocycles. The smallest absolute Gasteiger partial charge is 0.139 e. The summed E-state index contributed by atoms with van der Waals surface area (Å²) in [5.74, 6) is 0.0479. The molecule has 2 N–H and O–H groups in total. The average Bonchev–Trinajstić information content (AvgIpc) is 2.43. The molecule has 0 unspecified atom stereocenters. The monoisotopic (exact) mass is 377 g/mol. The van der Waals surface area contributed by atoms with Crippen LogP contribution in [0.2, 0.25) is 10.0 Å². The molecular formula is C14H11BrCl2FNO. The lowest BCUT2D eigenvalue weighted by Crippen LogP contribution is -2.05. The van der Waals surface area contributed by atoms with E-state index in [1.807, 2.05) is 0 Å². The maximum Gasteiger partial charge on any atom is 0.139 e. The first-order valence-corrected chi connectivity index (χ1v) is 7.31. The van der Waals surface area contributed by atoms with Crippen molar-refractivity contribution < 1.29 is 9.13 Å². The molecule has 0 aliphatic heterocycles. The van der Waals surface area contributed by atoms with Gasteiger partial charge in [0.1, 0.15) is 18.2 Å². The highest BCUT2D eigenvalue weighted by molar-refractivity contribution is 9.10. The van der Waals surface area contributed by atoms with E-state index in [4.69, 9.17) is 33.7 Å². The minimum atomic E-state index is -0.352. The topological polar surface area (TPSA) is 35.2 Å². The van der Waals surface area contributed by atoms with Crippen LogP contribution in [0.15, 0.2) is 34.8 Å². The molecule has 2 rings (SSSR count). The number of ether oxygens (including phenoxy) is 1. The summed E-state index contributed by atoms with van der Waals surface area (Å²) >= 11 is 15.3. The van der Waals surface area contributed by atoms with Gasteiger partial charge in [-0.2, -0.15) is 0 Å². The molecule has 0 bridgehead atoms. The molecule has 0 saturated heterocycles. The van der Waals surface area contributed by atoms with Gasteiger partial charge in [0.2, 0.25) is 0 Å². The second-order valence-corrected chi connectivity index (χ2v) is 5.75. The number of nitrogens with two attached hydrogens (primary N) is 1. The Hall–Kier alpha value is -0.810. The molecule has 0 saturated carbocycles. The molecule has 106 valence electrons. The van der Waals surface area contributed by atoms with Crippen LogP contribution >= 0.6 is 39.1 Å². The van der Waals surface area contributed by atoms with Crippen LogP contribution in [0.3, 0.4) is 0 Å². The summed E-state index contributed by atoms with van der Waals surface area (Å²) in [4.78, 5) is 0. The van der Waals surface area contributed by atoms with Crippen molar-refractivity contribution in [2.45, 2.75) is 13.2 Å². The van der Waals surface area contributed by atoms with Crippen LogP contribution in [-0.4, -0.2) is 0 Å². The molecular weight excluding hydrogens is 368 g/mol. The summed E-state index contributed by atoms with van der Waals surface area (Å²) in [6, 6.07) is 8.23. The van der Waals surface area contributed by atoms with Crippen LogP contribution in [0.1, 0.15) is 11.1 Å². The van der Waals surface area contributed by atoms with Crippen molar-refractivity contribution in [3.63, 3.8) is 0 Å². The van der Waals surface area contributed by atoms with E-state index < -0.39 is 0 Å². The summed E-state index contributed by atoms with van der Waals surface area (Å²) in [6.07, 6.45) is 0. The number of rotatable bonds is 4. The van der Waals surface area contributed by atoms with E-state index in [-0.39, 0.29) is 19.0 Å². The van der Waals surface area contributed by atoms with Crippen molar-refractivity contribution in [2.75, 3.05) is 0 Å². The predicted molar refractivity (Wildman–Crippen MR) is 82.8 cm³/mol. The third kappa shape index (κ3) is 3.44. The van der Waals surface area contributed by atoms with Crippen molar-refractivity contribution in [2.24, 2.45) is 5.73 Å². The first kappa shape index (κ1) is 15.6. The summed E-state index contributed by atoms with van der Waals surface area (Å²) in [6.45, 7) is 0.196. The fraction of sp³-hybridized carbons (Fsp3) is 0.143. The minimum Gasteiger partial charge on any atom is -0.487 e. The van der Waals surface area contributed by atoms with Gasteiger partial charge in [-0.1, -0.05) is 41.4 Å². The Morgan fingerprint density at radius 1 is 1.15 bits per heavy atom. The predicted octanol–water partition coefficient (Wildman–Crippen LogP) is 4.93. The lowest BCUT2D eigenvalue weighted by molar-refractivity contribution is 0.299. The Morgan fingerprint density at radius 3 is 2.55 bits per heavy atom. The third-order valence-electron chi connectivity index (χ3n) is 2.74. The Bertz CT molecular complexity index is 637. The van der Waals surface area contributed by atoms with Crippen molar-refractivity contribution in [3.8, 4) is 5.75 Å². The molecule has 0 heterocycles. The minimum absolute atomic E-state index is 0.0529. The van der Waals surface area contributed by atoms with Crippen LogP contribution in [0, 0.1) is 5.82 Å². The van der Waals surface area contributed by atoms with Crippen LogP contribution in [-0.2, 0) is 13.2 Å². The second-order valence-electron chi connectivity index (χ2n) is 4.08. The van der Waals surface area contributed by atoms with E-state index in [2.05, 4.69) is 15.9 Å². The van der Waals surface area contributed by atoms with Crippen LogP contribution < -0.4 is 10.5 Å². The number of hydrogen-bond acceptors (Lipinski definition) is 2. The maximum atomic E-state index is 14.0. The molecule has 6 heteroatoms. The van der Waals surface area contributed by atoms with E-state index in [9.17, 15) is 4.39 Å². The largest absolute Gasteiger partial charge is 0.487 e. The lowest BCUT2D eigenvalue weighted by Gasteiger charge is -2.11. The van der Waals surface area contributed by atoms with E-state index >= 15 is 0 Å². The fourth-order valence-corrected chi connectivity index (χ4v) is 2.52. The molecule has 20 heavy (non-hydrogen) atoms. The van der Waals surface area contributed by atoms with Gasteiger partial charge >= 0.3 is 0 Å². The van der Waals surface area contributed by atoms with Crippen molar-refractivity contribution in [1.29, 1.82) is 0 Å². The molecule has 0 atom stereocenters. The number of benzene rings is 2. The van der Waals surface area contributed by atoms with Crippen LogP contribution in [0.4, 0.5) is 4.39 Å². The van der Waals surface area contributed by atoms with Gasteiger partial charge in [0, 0.05) is 28.2 Å². The third-order valence-corrected chi connectivity index (χ3v) is 4.23. The standard InChI is InChI=1S/C14H11BrCl2FNO/c15-10-4-12(17)13(5-11(10)16)20-7-9-3-1-2-8(6-19)14(9)18/h1-5H,6-7,19H2. The molecule has 2 nitrogen and oxygen atoms in total. The molecule has 0 amide bonds. The van der Waals surface area contributed by atoms with Gasteiger partial charge in [-0.15, -0.1) is 0 Å². The van der Waals surface area contributed by atoms with E-state index in [0.717, 1.165) is 0 Å². The number of halogens is 4. The summed E-state index contributed by atoms with van der Waals surface area (Å²) in [5, 5.41) is 0.872. The van der Waals surface area contributed by atoms with Crippen molar-refractivity contribution >= 4 is 39.1 Å². The SMILES string of the molecule is NCc1cccc(COc2cc(Cl)c(Br)cc2Cl)c1F. The highest BCUT2D eigenvalue weighted by Crippen LogP contribution is 2.34. The van der Waals surface area contributed by atoms with Crippen molar-refractivity contribution in [1.82, 2.24) is 0 Å². The molecule has 0 aliphatic rings. The van der Waals surface area contributed by atoms with Crippen LogP contribution in [0.5, 0.6) is 5.75 Å². The van der Waals surface area contributed by atoms with E-state index in [0.29, 0.717) is 31.4 Å². The second kappa shape index (κ2) is 6.76. The average molecular weight is 379 g/mol. The van der Waals surface area contributed by atoms with Gasteiger partial charge in [-0.25, -0.2) is 4.39 Å². The Kier molecular flexibility index (Phi) is 5.27. The zero-order valence-electron chi connectivity index (χ0n) is 10.3. The van der Waals surface area contributed by atoms with Crippen LogP contribution in [0.25, 0.3) is 0 Å². The summed E-state index contributed by atoms with van der Waals surface area (Å²) < 4.78 is 20.2. The maximum absolute atomic E-state index is 14.0. The highest BCUT2D eigenvalue weighted by atomic mass is 79.9. The van der Waals surface area contributed by atoms with Gasteiger partial charge < -0.3 is 10.5 Å². The molecule has 2 aromatic rings. The molecule has 0 spiro atoms. The van der Waals surface area contributed by atoms with Gasteiger partial charge in [-0.05, 0) is 22.0 Å². The Morgan fingerprint density at radius 2 is 1.85 bits per heavy atom. The number of hydrogen-bond donors (Lipinski definition) is 1. The van der Waals surface area contributed by atoms with E-state index in [1.165, 1.54) is 0 Å². The quantitative estimate of drug-likeness (QED) is 0.765. The Balaban J connectivity index is 2.19. The molecule has 0 radical (unpaired) electrons. The fourth-order valence-electron chi connectivity index (χ4n) is 1.67.